The average molecular weight is 284 g/mol. The molecular formula is C16H26F2N2. The van der Waals surface area contributed by atoms with Crippen molar-refractivity contribution >= 4 is 0 Å². The zero-order valence-electron chi connectivity index (χ0n) is 13.1. The van der Waals surface area contributed by atoms with Gasteiger partial charge in [-0.3, -0.25) is 0 Å². The summed E-state index contributed by atoms with van der Waals surface area (Å²) in [4.78, 5) is 2.13. The van der Waals surface area contributed by atoms with Crippen molar-refractivity contribution in [2.45, 2.75) is 45.2 Å². The molecule has 0 amide bonds. The van der Waals surface area contributed by atoms with Crippen molar-refractivity contribution in [3.05, 3.63) is 35.4 Å². The van der Waals surface area contributed by atoms with E-state index in [0.29, 0.717) is 12.0 Å². The van der Waals surface area contributed by atoms with Gasteiger partial charge in [-0.15, -0.1) is 0 Å². The molecule has 0 aliphatic heterocycles. The summed E-state index contributed by atoms with van der Waals surface area (Å²) in [5.74, 6) is -1.03. The Hall–Kier alpha value is -1.00. The summed E-state index contributed by atoms with van der Waals surface area (Å²) in [5.41, 5.74) is 0.573. The summed E-state index contributed by atoms with van der Waals surface area (Å²) in [5, 5.41) is 3.49. The van der Waals surface area contributed by atoms with Gasteiger partial charge in [-0.2, -0.15) is 0 Å². The lowest BCUT2D eigenvalue weighted by atomic mass is 9.88. The molecule has 4 heteroatoms. The summed E-state index contributed by atoms with van der Waals surface area (Å²) in [6.07, 6.45) is 1.62. The highest BCUT2D eigenvalue weighted by Gasteiger charge is 2.31. The number of hydrogen-bond acceptors (Lipinski definition) is 2. The maximum atomic E-state index is 13.3. The van der Waals surface area contributed by atoms with E-state index in [-0.39, 0.29) is 11.6 Å². The molecule has 0 aliphatic carbocycles. The quantitative estimate of drug-likeness (QED) is 0.827. The summed E-state index contributed by atoms with van der Waals surface area (Å²) in [6.45, 7) is 7.26. The molecule has 0 saturated carbocycles. The van der Waals surface area contributed by atoms with E-state index in [9.17, 15) is 8.78 Å². The van der Waals surface area contributed by atoms with Gasteiger partial charge in [0.05, 0.1) is 0 Å². The van der Waals surface area contributed by atoms with Crippen LogP contribution in [0, 0.1) is 11.6 Å². The van der Waals surface area contributed by atoms with Gasteiger partial charge in [0.15, 0.2) is 0 Å². The van der Waals surface area contributed by atoms with Crippen LogP contribution >= 0.6 is 0 Å². The first-order valence-electron chi connectivity index (χ1n) is 7.13. The molecule has 0 aromatic heterocycles. The van der Waals surface area contributed by atoms with Gasteiger partial charge >= 0.3 is 0 Å². The van der Waals surface area contributed by atoms with Crippen molar-refractivity contribution in [3.8, 4) is 0 Å². The maximum Gasteiger partial charge on any atom is 0.126 e. The standard InChI is InChI=1S/C16H26F2N2/c1-6-7-19-15(16(2,3)20(4)5)10-12-8-13(17)11-14(18)9-12/h8-9,11,15,19H,6-7,10H2,1-5H3. The van der Waals surface area contributed by atoms with Crippen LogP contribution in [0.3, 0.4) is 0 Å². The average Bonchev–Trinajstić information content (AvgIpc) is 2.32. The van der Waals surface area contributed by atoms with Gasteiger partial charge < -0.3 is 10.2 Å². The minimum Gasteiger partial charge on any atom is -0.312 e. The minimum atomic E-state index is -0.517. The predicted octanol–water partition coefficient (Wildman–Crippen LogP) is 3.22. The molecule has 114 valence electrons. The first-order chi connectivity index (χ1) is 9.27. The fraction of sp³-hybridized carbons (Fsp3) is 0.625. The molecule has 1 aromatic rings. The third kappa shape index (κ3) is 4.53. The van der Waals surface area contributed by atoms with Crippen molar-refractivity contribution in [3.63, 3.8) is 0 Å². The number of benzene rings is 1. The smallest absolute Gasteiger partial charge is 0.126 e. The molecule has 1 rings (SSSR count). The third-order valence-electron chi connectivity index (χ3n) is 4.01. The Morgan fingerprint density at radius 3 is 2.15 bits per heavy atom. The van der Waals surface area contributed by atoms with Gasteiger partial charge in [0.25, 0.3) is 0 Å². The highest BCUT2D eigenvalue weighted by atomic mass is 19.1. The van der Waals surface area contributed by atoms with Gasteiger partial charge in [-0.25, -0.2) is 8.78 Å². The zero-order valence-corrected chi connectivity index (χ0v) is 13.1. The van der Waals surface area contributed by atoms with Gasteiger partial charge in [-0.1, -0.05) is 6.92 Å². The predicted molar refractivity (Wildman–Crippen MR) is 79.9 cm³/mol. The van der Waals surface area contributed by atoms with E-state index in [1.54, 1.807) is 0 Å². The van der Waals surface area contributed by atoms with Crippen LogP contribution in [0.1, 0.15) is 32.8 Å². The number of nitrogens with one attached hydrogen (secondary N) is 1. The van der Waals surface area contributed by atoms with Crippen LogP contribution in [0.2, 0.25) is 0 Å². The van der Waals surface area contributed by atoms with Crippen molar-refractivity contribution < 1.29 is 8.78 Å². The van der Waals surface area contributed by atoms with E-state index in [2.05, 4.69) is 31.0 Å². The first-order valence-corrected chi connectivity index (χ1v) is 7.13. The Morgan fingerprint density at radius 2 is 1.70 bits per heavy atom. The number of halogens is 2. The highest BCUT2D eigenvalue weighted by molar-refractivity contribution is 5.20. The third-order valence-corrected chi connectivity index (χ3v) is 4.01. The number of likely N-dealkylation sites (N-methyl/N-ethyl adjacent to an activating group) is 1. The van der Waals surface area contributed by atoms with E-state index in [1.807, 2.05) is 14.1 Å². The van der Waals surface area contributed by atoms with Crippen molar-refractivity contribution in [1.29, 1.82) is 0 Å². The highest BCUT2D eigenvalue weighted by Crippen LogP contribution is 2.21. The Kier molecular flexibility index (Phi) is 6.08. The number of hydrogen-bond donors (Lipinski definition) is 1. The molecule has 1 aromatic carbocycles. The van der Waals surface area contributed by atoms with E-state index >= 15 is 0 Å². The van der Waals surface area contributed by atoms with Crippen LogP contribution in [-0.2, 0) is 6.42 Å². The summed E-state index contributed by atoms with van der Waals surface area (Å²) in [6, 6.07) is 3.86. The summed E-state index contributed by atoms with van der Waals surface area (Å²) in [7, 11) is 4.04. The van der Waals surface area contributed by atoms with Gasteiger partial charge in [0, 0.05) is 17.6 Å². The monoisotopic (exact) mass is 284 g/mol. The molecule has 1 N–H and O–H groups in total. The van der Waals surface area contributed by atoms with Crippen molar-refractivity contribution in [1.82, 2.24) is 10.2 Å². The molecule has 1 atom stereocenters. The molecule has 0 radical (unpaired) electrons. The molecule has 0 heterocycles. The van der Waals surface area contributed by atoms with Crippen LogP contribution in [0.15, 0.2) is 18.2 Å². The maximum absolute atomic E-state index is 13.3. The van der Waals surface area contributed by atoms with Gasteiger partial charge in [-0.05, 0) is 65.0 Å². The van der Waals surface area contributed by atoms with Crippen LogP contribution in [0.25, 0.3) is 0 Å². The van der Waals surface area contributed by atoms with Crippen molar-refractivity contribution in [2.24, 2.45) is 0 Å². The second-order valence-electron chi connectivity index (χ2n) is 6.04. The van der Waals surface area contributed by atoms with E-state index in [0.717, 1.165) is 19.0 Å². The molecule has 1 unspecified atom stereocenters. The minimum absolute atomic E-state index is 0.113. The fourth-order valence-electron chi connectivity index (χ4n) is 2.17. The van der Waals surface area contributed by atoms with Gasteiger partial charge in [0.1, 0.15) is 11.6 Å². The largest absolute Gasteiger partial charge is 0.312 e. The van der Waals surface area contributed by atoms with Gasteiger partial charge in [0.2, 0.25) is 0 Å². The second kappa shape index (κ2) is 7.14. The fourth-order valence-corrected chi connectivity index (χ4v) is 2.17. The van der Waals surface area contributed by atoms with Crippen LogP contribution in [0.4, 0.5) is 8.78 Å². The lowest BCUT2D eigenvalue weighted by Crippen LogP contribution is -2.56. The summed E-state index contributed by atoms with van der Waals surface area (Å²) < 4.78 is 26.6. The van der Waals surface area contributed by atoms with Crippen LogP contribution in [-0.4, -0.2) is 37.1 Å². The molecule has 0 fully saturated rings. The molecule has 0 aliphatic rings. The Morgan fingerprint density at radius 1 is 1.15 bits per heavy atom. The molecule has 2 nitrogen and oxygen atoms in total. The molecular weight excluding hydrogens is 258 g/mol. The normalized spacial score (nSPS) is 13.8. The van der Waals surface area contributed by atoms with Crippen molar-refractivity contribution in [2.75, 3.05) is 20.6 Å². The molecule has 20 heavy (non-hydrogen) atoms. The Labute approximate surface area is 121 Å². The first kappa shape index (κ1) is 17.1. The molecule has 0 saturated heterocycles. The Bertz CT molecular complexity index is 410. The van der Waals surface area contributed by atoms with Crippen LogP contribution < -0.4 is 5.32 Å². The topological polar surface area (TPSA) is 15.3 Å². The zero-order chi connectivity index (χ0) is 15.3. The molecule has 0 bridgehead atoms. The van der Waals surface area contributed by atoms with E-state index < -0.39 is 11.6 Å². The Balaban J connectivity index is 2.94. The number of nitrogens with zero attached hydrogens (tertiary/aromatic N) is 1. The van der Waals surface area contributed by atoms with Crippen LogP contribution in [0.5, 0.6) is 0 Å². The lowest BCUT2D eigenvalue weighted by Gasteiger charge is -2.41. The summed E-state index contributed by atoms with van der Waals surface area (Å²) >= 11 is 0. The number of rotatable bonds is 7. The lowest BCUT2D eigenvalue weighted by molar-refractivity contribution is 0.137. The second-order valence-corrected chi connectivity index (χ2v) is 6.04. The SMILES string of the molecule is CCCNC(Cc1cc(F)cc(F)c1)C(C)(C)N(C)C. The molecule has 0 spiro atoms. The van der Waals surface area contributed by atoms with E-state index in [4.69, 9.17) is 0 Å². The van der Waals surface area contributed by atoms with E-state index in [1.165, 1.54) is 12.1 Å².